The quantitative estimate of drug-likeness (QED) is 0.169. The summed E-state index contributed by atoms with van der Waals surface area (Å²) in [6.45, 7) is 4.75. The van der Waals surface area contributed by atoms with Crippen LogP contribution in [0.25, 0.3) is 77.2 Å². The Labute approximate surface area is 332 Å². The van der Waals surface area contributed by atoms with Crippen molar-refractivity contribution in [3.8, 4) is 44.5 Å². The summed E-state index contributed by atoms with van der Waals surface area (Å²) in [5.41, 5.74) is 17.4. The fourth-order valence-corrected chi connectivity index (χ4v) is 9.21. The molecule has 0 fully saturated rings. The lowest BCUT2D eigenvalue weighted by Crippen LogP contribution is -2.17. The second kappa shape index (κ2) is 13.0. The van der Waals surface area contributed by atoms with E-state index in [0.717, 1.165) is 55.5 Å². The molecule has 1 heterocycles. The Morgan fingerprint density at radius 3 is 1.79 bits per heavy atom. The lowest BCUT2D eigenvalue weighted by atomic mass is 9.81. The number of furan rings is 1. The zero-order valence-electron chi connectivity index (χ0n) is 31.9. The summed E-state index contributed by atoms with van der Waals surface area (Å²) in [6, 6.07) is 72.6. The number of anilines is 3. The highest BCUT2D eigenvalue weighted by Crippen LogP contribution is 2.52. The summed E-state index contributed by atoms with van der Waals surface area (Å²) in [5, 5.41) is 4.56. The number of fused-ring (bicyclic) bond motifs is 8. The Morgan fingerprint density at radius 1 is 0.404 bits per heavy atom. The maximum Gasteiger partial charge on any atom is 0.143 e. The second-order valence-electron chi connectivity index (χ2n) is 15.7. The minimum atomic E-state index is -0.197. The third kappa shape index (κ3) is 5.33. The number of hydrogen-bond donors (Lipinski definition) is 0. The fraction of sp³-hybridized carbons (Fsp3) is 0.0545. The maximum atomic E-state index is 6.68. The molecule has 0 saturated carbocycles. The van der Waals surface area contributed by atoms with Crippen LogP contribution in [0.4, 0.5) is 17.1 Å². The van der Waals surface area contributed by atoms with Crippen LogP contribution in [0.15, 0.2) is 205 Å². The summed E-state index contributed by atoms with van der Waals surface area (Å²) in [5.74, 6) is 0. The number of nitrogens with zero attached hydrogens (tertiary/aromatic N) is 1. The van der Waals surface area contributed by atoms with Gasteiger partial charge >= 0.3 is 0 Å². The molecule has 11 rings (SSSR count). The maximum absolute atomic E-state index is 6.68. The molecule has 0 unspecified atom stereocenters. The number of rotatable bonds is 6. The molecule has 0 radical (unpaired) electrons. The Balaban J connectivity index is 1.10. The van der Waals surface area contributed by atoms with E-state index in [1.807, 2.05) is 0 Å². The molecule has 0 saturated heterocycles. The molecule has 270 valence electrons. The highest BCUT2D eigenvalue weighted by Gasteiger charge is 2.36. The third-order valence-electron chi connectivity index (χ3n) is 12.1. The third-order valence-corrected chi connectivity index (χ3v) is 12.1. The second-order valence-corrected chi connectivity index (χ2v) is 15.7. The summed E-state index contributed by atoms with van der Waals surface area (Å²) >= 11 is 0. The van der Waals surface area contributed by atoms with Crippen molar-refractivity contribution >= 4 is 49.8 Å². The normalized spacial score (nSPS) is 12.9. The van der Waals surface area contributed by atoms with Gasteiger partial charge in [-0.3, -0.25) is 0 Å². The van der Waals surface area contributed by atoms with Crippen LogP contribution in [-0.4, -0.2) is 0 Å². The largest absolute Gasteiger partial charge is 0.455 e. The molecule has 57 heavy (non-hydrogen) atoms. The molecule has 0 bridgehead atoms. The van der Waals surface area contributed by atoms with E-state index in [2.05, 4.69) is 219 Å². The average molecular weight is 730 g/mol. The molecule has 2 nitrogen and oxygen atoms in total. The lowest BCUT2D eigenvalue weighted by Gasteiger charge is -2.30. The summed E-state index contributed by atoms with van der Waals surface area (Å²) in [4.78, 5) is 2.44. The molecule has 0 spiro atoms. The van der Waals surface area contributed by atoms with Crippen molar-refractivity contribution in [1.29, 1.82) is 0 Å². The Morgan fingerprint density at radius 2 is 1.00 bits per heavy atom. The van der Waals surface area contributed by atoms with Gasteiger partial charge < -0.3 is 9.32 Å². The van der Waals surface area contributed by atoms with Gasteiger partial charge in [-0.1, -0.05) is 166 Å². The van der Waals surface area contributed by atoms with Crippen LogP contribution in [0.3, 0.4) is 0 Å². The highest BCUT2D eigenvalue weighted by molar-refractivity contribution is 6.19. The minimum absolute atomic E-state index is 0.197. The van der Waals surface area contributed by atoms with E-state index in [4.69, 9.17) is 4.42 Å². The van der Waals surface area contributed by atoms with Crippen LogP contribution in [0.2, 0.25) is 0 Å². The predicted molar refractivity (Wildman–Crippen MR) is 240 cm³/mol. The molecular formula is C55H39NO. The van der Waals surface area contributed by atoms with Gasteiger partial charge in [-0.05, 0) is 104 Å². The van der Waals surface area contributed by atoms with E-state index in [-0.39, 0.29) is 5.41 Å². The first kappa shape index (κ1) is 33.2. The first-order chi connectivity index (χ1) is 28.0. The first-order valence-electron chi connectivity index (χ1n) is 19.8. The van der Waals surface area contributed by atoms with Crippen molar-refractivity contribution in [2.75, 3.05) is 4.90 Å². The van der Waals surface area contributed by atoms with Crippen molar-refractivity contribution in [2.45, 2.75) is 19.3 Å². The van der Waals surface area contributed by atoms with Gasteiger partial charge in [0.05, 0.1) is 5.69 Å². The zero-order valence-corrected chi connectivity index (χ0v) is 31.9. The predicted octanol–water partition coefficient (Wildman–Crippen LogP) is 15.5. The summed E-state index contributed by atoms with van der Waals surface area (Å²) < 4.78 is 6.68. The Hall–Kier alpha value is -7.16. The smallest absolute Gasteiger partial charge is 0.143 e. The number of benzene rings is 9. The van der Waals surface area contributed by atoms with Crippen molar-refractivity contribution in [3.05, 3.63) is 211 Å². The molecule has 1 aliphatic carbocycles. The van der Waals surface area contributed by atoms with Gasteiger partial charge in [0.25, 0.3) is 0 Å². The van der Waals surface area contributed by atoms with Crippen molar-refractivity contribution in [2.24, 2.45) is 0 Å². The van der Waals surface area contributed by atoms with Crippen LogP contribution < -0.4 is 4.90 Å². The van der Waals surface area contributed by atoms with Gasteiger partial charge in [-0.15, -0.1) is 0 Å². The van der Waals surface area contributed by atoms with Crippen LogP contribution in [0, 0.1) is 0 Å². The van der Waals surface area contributed by atoms with Gasteiger partial charge in [0.2, 0.25) is 0 Å². The van der Waals surface area contributed by atoms with Crippen LogP contribution in [-0.2, 0) is 5.41 Å². The standard InChI is InChI=1S/C55H39NO/c1-55(2)49-34-40(37-16-7-4-8-17-37)27-31-44(49)45-33-30-42(35-50(45)55)56(41-28-24-38(25-29-41)36-14-5-3-6-15-36)51-22-12-11-20-46(51)47-21-13-23-52-53(47)48-32-26-39-18-9-10-19-43(39)54(48)57-52/h3-35H,1-2H3. The van der Waals surface area contributed by atoms with E-state index < -0.39 is 0 Å². The van der Waals surface area contributed by atoms with E-state index >= 15 is 0 Å². The molecule has 0 aliphatic heterocycles. The van der Waals surface area contributed by atoms with Crippen LogP contribution in [0.5, 0.6) is 0 Å². The van der Waals surface area contributed by atoms with E-state index in [9.17, 15) is 0 Å². The van der Waals surface area contributed by atoms with Gasteiger partial charge in [0, 0.05) is 38.5 Å². The molecule has 2 heteroatoms. The molecule has 0 atom stereocenters. The zero-order chi connectivity index (χ0) is 38.1. The Kier molecular flexibility index (Phi) is 7.55. The molecule has 10 aromatic rings. The fourth-order valence-electron chi connectivity index (χ4n) is 9.21. The van der Waals surface area contributed by atoms with Crippen LogP contribution >= 0.6 is 0 Å². The van der Waals surface area contributed by atoms with Gasteiger partial charge in [-0.25, -0.2) is 0 Å². The molecular weight excluding hydrogens is 691 g/mol. The molecule has 1 aliphatic rings. The van der Waals surface area contributed by atoms with Gasteiger partial charge in [0.1, 0.15) is 11.2 Å². The van der Waals surface area contributed by atoms with Crippen LogP contribution in [0.1, 0.15) is 25.0 Å². The van der Waals surface area contributed by atoms with Crippen molar-refractivity contribution in [1.82, 2.24) is 0 Å². The average Bonchev–Trinajstić information content (AvgIpc) is 3.77. The summed E-state index contributed by atoms with van der Waals surface area (Å²) in [7, 11) is 0. The molecule has 0 N–H and O–H groups in total. The first-order valence-corrected chi connectivity index (χ1v) is 19.8. The molecule has 9 aromatic carbocycles. The van der Waals surface area contributed by atoms with Gasteiger partial charge in [-0.2, -0.15) is 0 Å². The van der Waals surface area contributed by atoms with E-state index in [1.165, 1.54) is 49.9 Å². The topological polar surface area (TPSA) is 16.4 Å². The molecule has 1 aromatic heterocycles. The number of hydrogen-bond acceptors (Lipinski definition) is 2. The SMILES string of the molecule is CC1(C)c2cc(-c3ccccc3)ccc2-c2ccc(N(c3ccc(-c4ccccc4)cc3)c3ccccc3-c3cccc4oc5c6ccccc6ccc5c34)cc21. The minimum Gasteiger partial charge on any atom is -0.455 e. The number of para-hydroxylation sites is 1. The van der Waals surface area contributed by atoms with E-state index in [1.54, 1.807) is 0 Å². The van der Waals surface area contributed by atoms with Crippen molar-refractivity contribution in [3.63, 3.8) is 0 Å². The van der Waals surface area contributed by atoms with Crippen molar-refractivity contribution < 1.29 is 4.42 Å². The monoisotopic (exact) mass is 729 g/mol. The highest BCUT2D eigenvalue weighted by atomic mass is 16.3. The molecule has 0 amide bonds. The van der Waals surface area contributed by atoms with Gasteiger partial charge in [0.15, 0.2) is 0 Å². The van der Waals surface area contributed by atoms with E-state index in [0.29, 0.717) is 0 Å². The summed E-state index contributed by atoms with van der Waals surface area (Å²) in [6.07, 6.45) is 0. The lowest BCUT2D eigenvalue weighted by molar-refractivity contribution is 0.660. The Bertz CT molecular complexity index is 3140.